The monoisotopic (exact) mass is 526 g/mol. The first-order valence-electron chi connectivity index (χ1n) is 12.5. The molecule has 1 N–H and O–H groups in total. The third-order valence-corrected chi connectivity index (χ3v) is 7.64. The first-order chi connectivity index (χ1) is 18.9. The summed E-state index contributed by atoms with van der Waals surface area (Å²) in [6.45, 7) is 4.19. The van der Waals surface area contributed by atoms with Crippen molar-refractivity contribution in [2.75, 3.05) is 4.90 Å². The van der Waals surface area contributed by atoms with Gasteiger partial charge in [-0.1, -0.05) is 71.8 Å². The average Bonchev–Trinajstić information content (AvgIpc) is 3.45. The van der Waals surface area contributed by atoms with Crippen molar-refractivity contribution < 1.29 is 9.90 Å². The van der Waals surface area contributed by atoms with Gasteiger partial charge in [-0.15, -0.1) is 11.3 Å². The second-order valence-corrected chi connectivity index (χ2v) is 10.4. The number of nitrogens with zero attached hydrogens (tertiary/aromatic N) is 2. The quantitative estimate of drug-likeness (QED) is 0.170. The van der Waals surface area contributed by atoms with E-state index < -0.39 is 5.97 Å². The minimum Gasteiger partial charge on any atom is -0.477 e. The van der Waals surface area contributed by atoms with Crippen molar-refractivity contribution in [1.82, 2.24) is 0 Å². The van der Waals surface area contributed by atoms with E-state index in [1.54, 1.807) is 17.4 Å². The molecule has 0 saturated heterocycles. The van der Waals surface area contributed by atoms with Crippen molar-refractivity contribution in [2.45, 2.75) is 13.8 Å². The summed E-state index contributed by atoms with van der Waals surface area (Å²) in [6.07, 6.45) is 1.38. The number of nitriles is 1. The minimum atomic E-state index is -1.23. The van der Waals surface area contributed by atoms with Crippen LogP contribution in [-0.2, 0) is 4.79 Å². The summed E-state index contributed by atoms with van der Waals surface area (Å²) in [6, 6.07) is 39.3. The Morgan fingerprint density at radius 1 is 0.692 bits per heavy atom. The van der Waals surface area contributed by atoms with Crippen molar-refractivity contribution in [3.63, 3.8) is 0 Å². The number of benzene rings is 4. The number of hydrogen-bond donors (Lipinski definition) is 1. The Labute approximate surface area is 232 Å². The number of aliphatic carboxylic acids is 1. The molecule has 4 nitrogen and oxygen atoms in total. The van der Waals surface area contributed by atoms with E-state index in [4.69, 9.17) is 10.4 Å². The molecule has 0 unspecified atom stereocenters. The van der Waals surface area contributed by atoms with Gasteiger partial charge >= 0.3 is 5.97 Å². The SMILES string of the molecule is Cc1ccc(N(c2ccc(C)cc2)c2ccc(-c3ccc(-c4ccc(C=C(C#N)C(=O)O)cc4)s3)cc2)cc1. The van der Waals surface area contributed by atoms with Crippen LogP contribution in [0.4, 0.5) is 17.1 Å². The molecule has 190 valence electrons. The van der Waals surface area contributed by atoms with Gasteiger partial charge in [-0.3, -0.25) is 0 Å². The van der Waals surface area contributed by atoms with Crippen LogP contribution in [0.5, 0.6) is 0 Å². The van der Waals surface area contributed by atoms with Crippen molar-refractivity contribution in [2.24, 2.45) is 0 Å². The highest BCUT2D eigenvalue weighted by molar-refractivity contribution is 7.18. The fraction of sp³-hybridized carbons (Fsp3) is 0.0588. The number of carbonyl (C=O) groups is 1. The fourth-order valence-corrected chi connectivity index (χ4v) is 5.33. The molecular formula is C34H26N2O2S. The molecule has 0 aliphatic heterocycles. The maximum Gasteiger partial charge on any atom is 0.346 e. The summed E-state index contributed by atoms with van der Waals surface area (Å²) in [5.74, 6) is -1.23. The molecule has 0 spiro atoms. The third-order valence-electron chi connectivity index (χ3n) is 6.46. The van der Waals surface area contributed by atoms with Gasteiger partial charge in [0.15, 0.2) is 0 Å². The lowest BCUT2D eigenvalue weighted by Gasteiger charge is -2.26. The van der Waals surface area contributed by atoms with E-state index in [1.807, 2.05) is 24.3 Å². The first-order valence-corrected chi connectivity index (χ1v) is 13.3. The van der Waals surface area contributed by atoms with E-state index in [9.17, 15) is 4.79 Å². The maximum absolute atomic E-state index is 11.1. The predicted octanol–water partition coefficient (Wildman–Crippen LogP) is 9.16. The molecule has 0 aliphatic carbocycles. The van der Waals surface area contributed by atoms with Crippen LogP contribution in [0.25, 0.3) is 27.0 Å². The molecule has 4 aromatic carbocycles. The van der Waals surface area contributed by atoms with Gasteiger partial charge in [0.25, 0.3) is 0 Å². The second kappa shape index (κ2) is 11.2. The van der Waals surface area contributed by atoms with Crippen molar-refractivity contribution >= 4 is 40.4 Å². The Balaban J connectivity index is 1.40. The largest absolute Gasteiger partial charge is 0.477 e. The van der Waals surface area contributed by atoms with Crippen LogP contribution in [-0.4, -0.2) is 11.1 Å². The van der Waals surface area contributed by atoms with Gasteiger partial charge in [-0.2, -0.15) is 5.26 Å². The average molecular weight is 527 g/mol. The topological polar surface area (TPSA) is 64.3 Å². The summed E-state index contributed by atoms with van der Waals surface area (Å²) < 4.78 is 0. The van der Waals surface area contributed by atoms with Crippen molar-refractivity contribution in [3.05, 3.63) is 131 Å². The van der Waals surface area contributed by atoms with Gasteiger partial charge in [0.2, 0.25) is 0 Å². The zero-order valence-electron chi connectivity index (χ0n) is 21.6. The van der Waals surface area contributed by atoms with E-state index in [-0.39, 0.29) is 5.57 Å². The summed E-state index contributed by atoms with van der Waals surface area (Å²) in [4.78, 5) is 15.6. The Morgan fingerprint density at radius 2 is 1.10 bits per heavy atom. The number of hydrogen-bond acceptors (Lipinski definition) is 4. The molecule has 0 bridgehead atoms. The van der Waals surface area contributed by atoms with Gasteiger partial charge in [-0.25, -0.2) is 4.79 Å². The zero-order chi connectivity index (χ0) is 27.4. The van der Waals surface area contributed by atoms with Gasteiger partial charge in [-0.05, 0) is 85.1 Å². The molecule has 0 saturated carbocycles. The number of thiophene rings is 1. The summed E-state index contributed by atoms with van der Waals surface area (Å²) in [5.41, 5.74) is 8.34. The van der Waals surface area contributed by atoms with Crippen molar-refractivity contribution in [3.8, 4) is 27.0 Å². The summed E-state index contributed by atoms with van der Waals surface area (Å²) >= 11 is 1.70. The van der Waals surface area contributed by atoms with E-state index in [2.05, 4.69) is 104 Å². The van der Waals surface area contributed by atoms with Crippen LogP contribution < -0.4 is 4.90 Å². The van der Waals surface area contributed by atoms with Crippen LogP contribution >= 0.6 is 11.3 Å². The highest BCUT2D eigenvalue weighted by atomic mass is 32.1. The molecule has 5 heteroatoms. The number of carboxylic acid groups (broad SMARTS) is 1. The molecule has 0 aliphatic rings. The van der Waals surface area contributed by atoms with Gasteiger partial charge in [0.1, 0.15) is 11.6 Å². The van der Waals surface area contributed by atoms with Crippen LogP contribution in [0.15, 0.2) is 115 Å². The zero-order valence-corrected chi connectivity index (χ0v) is 22.4. The number of aryl methyl sites for hydroxylation is 2. The Kier molecular flexibility index (Phi) is 7.40. The summed E-state index contributed by atoms with van der Waals surface area (Å²) in [7, 11) is 0. The Hall–Kier alpha value is -4.92. The van der Waals surface area contributed by atoms with Crippen molar-refractivity contribution in [1.29, 1.82) is 5.26 Å². The number of anilines is 3. The van der Waals surface area contributed by atoms with Gasteiger partial charge < -0.3 is 10.0 Å². The highest BCUT2D eigenvalue weighted by Gasteiger charge is 2.13. The normalized spacial score (nSPS) is 11.2. The van der Waals surface area contributed by atoms with E-state index >= 15 is 0 Å². The van der Waals surface area contributed by atoms with Crippen LogP contribution in [0.2, 0.25) is 0 Å². The molecule has 0 amide bonds. The fourth-order valence-electron chi connectivity index (χ4n) is 4.31. The third kappa shape index (κ3) is 5.82. The van der Waals surface area contributed by atoms with E-state index in [1.165, 1.54) is 17.2 Å². The molecule has 1 aromatic heterocycles. The molecular weight excluding hydrogens is 500 g/mol. The number of carboxylic acids is 1. The lowest BCUT2D eigenvalue weighted by Crippen LogP contribution is -2.09. The van der Waals surface area contributed by atoms with Crippen LogP contribution in [0.3, 0.4) is 0 Å². The standard InChI is InChI=1S/C34H26N2O2S/c1-23-3-13-29(14-4-23)36(30-15-5-24(2)6-16-30)31-17-11-27(12-18-31)33-20-19-32(39-33)26-9-7-25(8-10-26)21-28(22-35)34(37)38/h3-21H,1-2H3,(H,37,38). The lowest BCUT2D eigenvalue weighted by atomic mass is 10.1. The van der Waals surface area contributed by atoms with E-state index in [0.29, 0.717) is 5.56 Å². The number of rotatable bonds is 7. The Morgan fingerprint density at radius 3 is 1.51 bits per heavy atom. The molecule has 0 atom stereocenters. The molecule has 39 heavy (non-hydrogen) atoms. The maximum atomic E-state index is 11.1. The highest BCUT2D eigenvalue weighted by Crippen LogP contribution is 2.38. The van der Waals surface area contributed by atoms with Crippen LogP contribution in [0, 0.1) is 25.2 Å². The molecule has 0 fully saturated rings. The molecule has 5 aromatic rings. The molecule has 5 rings (SSSR count). The summed E-state index contributed by atoms with van der Waals surface area (Å²) in [5, 5.41) is 18.1. The predicted molar refractivity (Wildman–Crippen MR) is 161 cm³/mol. The smallest absolute Gasteiger partial charge is 0.346 e. The van der Waals surface area contributed by atoms with Crippen LogP contribution in [0.1, 0.15) is 16.7 Å². The van der Waals surface area contributed by atoms with Gasteiger partial charge in [0, 0.05) is 26.8 Å². The van der Waals surface area contributed by atoms with E-state index in [0.717, 1.165) is 37.9 Å². The van der Waals surface area contributed by atoms with Gasteiger partial charge in [0.05, 0.1) is 0 Å². The molecule has 1 heterocycles. The minimum absolute atomic E-state index is 0.284. The Bertz CT molecular complexity index is 1630. The first kappa shape index (κ1) is 25.7. The lowest BCUT2D eigenvalue weighted by molar-refractivity contribution is -0.132. The molecule has 0 radical (unpaired) electrons. The second-order valence-electron chi connectivity index (χ2n) is 9.31.